The summed E-state index contributed by atoms with van der Waals surface area (Å²) in [5, 5.41) is 10.2. The van der Waals surface area contributed by atoms with E-state index >= 15 is 0 Å². The van der Waals surface area contributed by atoms with Crippen molar-refractivity contribution in [3.63, 3.8) is 0 Å². The second kappa shape index (κ2) is 7.98. The van der Waals surface area contributed by atoms with Crippen molar-refractivity contribution in [2.24, 2.45) is 5.41 Å². The van der Waals surface area contributed by atoms with Crippen LogP contribution in [-0.4, -0.2) is 78.0 Å². The number of nitrogens with zero attached hydrogens (tertiary/aromatic N) is 3. The molecule has 0 bridgehead atoms. The maximum Gasteiger partial charge on any atom is 0.253 e. The number of likely N-dealkylation sites (tertiary alicyclic amines) is 2. The van der Waals surface area contributed by atoms with Gasteiger partial charge >= 0.3 is 0 Å². The first-order chi connectivity index (χ1) is 12.8. The van der Waals surface area contributed by atoms with Gasteiger partial charge in [0.15, 0.2) is 0 Å². The molecule has 1 atom stereocenters. The quantitative estimate of drug-likeness (QED) is 0.874. The molecule has 1 N–H and O–H groups in total. The Balaban J connectivity index is 1.65. The zero-order valence-electron chi connectivity index (χ0n) is 16.6. The summed E-state index contributed by atoms with van der Waals surface area (Å²) in [7, 11) is 4.03. The van der Waals surface area contributed by atoms with E-state index in [9.17, 15) is 14.7 Å². The van der Waals surface area contributed by atoms with Gasteiger partial charge in [-0.05, 0) is 56.5 Å². The summed E-state index contributed by atoms with van der Waals surface area (Å²) in [5.74, 6) is 0.0922. The summed E-state index contributed by atoms with van der Waals surface area (Å²) in [4.78, 5) is 30.5. The van der Waals surface area contributed by atoms with Gasteiger partial charge in [-0.2, -0.15) is 0 Å². The SMILES string of the molecule is CC(=O)N1CC(O)CC2(CCN(C(=O)c3cccc(CN(C)C)c3)CC2)C1. The predicted octanol–water partition coefficient (Wildman–Crippen LogP) is 1.58. The van der Waals surface area contributed by atoms with Crippen molar-refractivity contribution in [3.05, 3.63) is 35.4 Å². The standard InChI is InChI=1S/C21H31N3O3/c1-16(25)24-14-19(26)12-21(15-24)7-9-23(10-8-21)20(27)18-6-4-5-17(11-18)13-22(2)3/h4-6,11,19,26H,7-10,12-15H2,1-3H3. The normalized spacial score (nSPS) is 22.3. The third-order valence-corrected chi connectivity index (χ3v) is 5.86. The molecule has 27 heavy (non-hydrogen) atoms. The molecular formula is C21H31N3O3. The highest BCUT2D eigenvalue weighted by Gasteiger charge is 2.43. The molecular weight excluding hydrogens is 342 g/mol. The second-order valence-electron chi connectivity index (χ2n) is 8.49. The maximum atomic E-state index is 12.9. The van der Waals surface area contributed by atoms with Crippen molar-refractivity contribution in [3.8, 4) is 0 Å². The summed E-state index contributed by atoms with van der Waals surface area (Å²) in [6.07, 6.45) is 1.91. The molecule has 2 aliphatic heterocycles. The number of rotatable bonds is 3. The average Bonchev–Trinajstić information content (AvgIpc) is 2.61. The van der Waals surface area contributed by atoms with Gasteiger partial charge in [0.25, 0.3) is 5.91 Å². The molecule has 148 valence electrons. The van der Waals surface area contributed by atoms with Crippen LogP contribution in [0.2, 0.25) is 0 Å². The molecule has 0 aliphatic carbocycles. The number of carbonyl (C=O) groups excluding carboxylic acids is 2. The highest BCUT2D eigenvalue weighted by Crippen LogP contribution is 2.40. The Labute approximate surface area is 161 Å². The smallest absolute Gasteiger partial charge is 0.253 e. The molecule has 0 aromatic heterocycles. The van der Waals surface area contributed by atoms with Crippen molar-refractivity contribution < 1.29 is 14.7 Å². The van der Waals surface area contributed by atoms with Crippen LogP contribution in [0.1, 0.15) is 42.1 Å². The largest absolute Gasteiger partial charge is 0.391 e. The molecule has 1 aromatic carbocycles. The lowest BCUT2D eigenvalue weighted by atomic mass is 9.71. The van der Waals surface area contributed by atoms with Gasteiger partial charge in [0.1, 0.15) is 0 Å². The van der Waals surface area contributed by atoms with Crippen LogP contribution < -0.4 is 0 Å². The Morgan fingerprint density at radius 1 is 1.22 bits per heavy atom. The lowest BCUT2D eigenvalue weighted by Gasteiger charge is -2.49. The molecule has 2 heterocycles. The number of aliphatic hydroxyl groups is 1. The Bertz CT molecular complexity index is 696. The summed E-state index contributed by atoms with van der Waals surface area (Å²) in [6, 6.07) is 7.85. The fourth-order valence-corrected chi connectivity index (χ4v) is 4.49. The van der Waals surface area contributed by atoms with E-state index in [0.29, 0.717) is 26.2 Å². The van der Waals surface area contributed by atoms with Gasteiger partial charge in [-0.15, -0.1) is 0 Å². The Kier molecular flexibility index (Phi) is 5.86. The molecule has 0 saturated carbocycles. The third-order valence-electron chi connectivity index (χ3n) is 5.86. The first-order valence-corrected chi connectivity index (χ1v) is 9.74. The van der Waals surface area contributed by atoms with E-state index in [1.165, 1.54) is 0 Å². The summed E-state index contributed by atoms with van der Waals surface area (Å²) in [5.41, 5.74) is 1.80. The minimum Gasteiger partial charge on any atom is -0.391 e. The number of β-amino-alcohol motifs (C(OH)–C–C–N with tert-alkyl or cyclic N) is 1. The van der Waals surface area contributed by atoms with Gasteiger partial charge in [0, 0.05) is 45.2 Å². The van der Waals surface area contributed by atoms with Crippen molar-refractivity contribution >= 4 is 11.8 Å². The number of hydrogen-bond acceptors (Lipinski definition) is 4. The number of carbonyl (C=O) groups is 2. The highest BCUT2D eigenvalue weighted by atomic mass is 16.3. The van der Waals surface area contributed by atoms with E-state index in [0.717, 1.165) is 36.9 Å². The Hall–Kier alpha value is -1.92. The van der Waals surface area contributed by atoms with Crippen molar-refractivity contribution in [1.29, 1.82) is 0 Å². The summed E-state index contributed by atoms with van der Waals surface area (Å²) >= 11 is 0. The Morgan fingerprint density at radius 3 is 2.56 bits per heavy atom. The fourth-order valence-electron chi connectivity index (χ4n) is 4.49. The molecule has 1 spiro atoms. The monoisotopic (exact) mass is 373 g/mol. The van der Waals surface area contributed by atoms with Crippen LogP contribution in [0.25, 0.3) is 0 Å². The van der Waals surface area contributed by atoms with Crippen LogP contribution in [0.3, 0.4) is 0 Å². The number of hydrogen-bond donors (Lipinski definition) is 1. The van der Waals surface area contributed by atoms with Gasteiger partial charge < -0.3 is 19.8 Å². The van der Waals surface area contributed by atoms with E-state index in [1.807, 2.05) is 43.3 Å². The predicted molar refractivity (Wildman–Crippen MR) is 104 cm³/mol. The highest BCUT2D eigenvalue weighted by molar-refractivity contribution is 5.94. The molecule has 2 aliphatic rings. The van der Waals surface area contributed by atoms with Crippen molar-refractivity contribution in [1.82, 2.24) is 14.7 Å². The van der Waals surface area contributed by atoms with Gasteiger partial charge in [-0.1, -0.05) is 12.1 Å². The topological polar surface area (TPSA) is 64.1 Å². The molecule has 6 heteroatoms. The number of amides is 2. The summed E-state index contributed by atoms with van der Waals surface area (Å²) < 4.78 is 0. The van der Waals surface area contributed by atoms with E-state index in [-0.39, 0.29) is 17.2 Å². The lowest BCUT2D eigenvalue weighted by Crippen LogP contribution is -2.55. The molecule has 6 nitrogen and oxygen atoms in total. The summed E-state index contributed by atoms with van der Waals surface area (Å²) in [6.45, 7) is 4.84. The zero-order chi connectivity index (χ0) is 19.6. The minimum atomic E-state index is -0.465. The molecule has 1 aromatic rings. The van der Waals surface area contributed by atoms with Crippen LogP contribution in [0.4, 0.5) is 0 Å². The first-order valence-electron chi connectivity index (χ1n) is 9.74. The maximum absolute atomic E-state index is 12.9. The fraction of sp³-hybridized carbons (Fsp3) is 0.619. The van der Waals surface area contributed by atoms with Crippen LogP contribution >= 0.6 is 0 Å². The van der Waals surface area contributed by atoms with Gasteiger partial charge in [-0.3, -0.25) is 9.59 Å². The minimum absolute atomic E-state index is 0.0179. The zero-order valence-corrected chi connectivity index (χ0v) is 16.6. The van der Waals surface area contributed by atoms with Gasteiger partial charge in [0.2, 0.25) is 5.91 Å². The molecule has 2 saturated heterocycles. The van der Waals surface area contributed by atoms with Crippen LogP contribution in [0.15, 0.2) is 24.3 Å². The lowest BCUT2D eigenvalue weighted by molar-refractivity contribution is -0.137. The van der Waals surface area contributed by atoms with E-state index in [4.69, 9.17) is 0 Å². The first kappa shape index (κ1) is 19.8. The average molecular weight is 373 g/mol. The van der Waals surface area contributed by atoms with E-state index in [2.05, 4.69) is 4.90 Å². The van der Waals surface area contributed by atoms with Crippen LogP contribution in [0.5, 0.6) is 0 Å². The van der Waals surface area contributed by atoms with Gasteiger partial charge in [-0.25, -0.2) is 0 Å². The molecule has 2 amide bonds. The molecule has 1 unspecified atom stereocenters. The molecule has 3 rings (SSSR count). The molecule has 2 fully saturated rings. The van der Waals surface area contributed by atoms with Crippen LogP contribution in [0, 0.1) is 5.41 Å². The number of piperidine rings is 2. The van der Waals surface area contributed by atoms with E-state index in [1.54, 1.807) is 11.8 Å². The third kappa shape index (κ3) is 4.68. The second-order valence-corrected chi connectivity index (χ2v) is 8.49. The Morgan fingerprint density at radius 2 is 1.93 bits per heavy atom. The van der Waals surface area contributed by atoms with E-state index < -0.39 is 6.10 Å². The number of aliphatic hydroxyl groups excluding tert-OH is 1. The van der Waals surface area contributed by atoms with Crippen molar-refractivity contribution in [2.45, 2.75) is 38.8 Å². The van der Waals surface area contributed by atoms with Crippen molar-refractivity contribution in [2.75, 3.05) is 40.3 Å². The van der Waals surface area contributed by atoms with Gasteiger partial charge in [0.05, 0.1) is 6.10 Å². The molecule has 0 radical (unpaired) electrons. The number of benzene rings is 1. The van der Waals surface area contributed by atoms with Crippen LogP contribution in [-0.2, 0) is 11.3 Å².